The van der Waals surface area contributed by atoms with Gasteiger partial charge in [0.1, 0.15) is 18.0 Å². The first-order valence-electron chi connectivity index (χ1n) is 13.2. The number of nitrogens with zero attached hydrogens (tertiary/aromatic N) is 2. The van der Waals surface area contributed by atoms with Crippen LogP contribution >= 0.6 is 0 Å². The Morgan fingerprint density at radius 1 is 0.949 bits per heavy atom. The molecule has 39 heavy (non-hydrogen) atoms. The standard InChI is InChI=1S/C31H34FN3O4/c1-31(2,3)39-30(37)35(17-21-10-6-4-7-11-21)28-24-18-34(19-25(24)28)27-15-14-23(16-26(27)32)33-29(36)38-20-22-12-8-5-9-13-22/h4-16,24-25,28H,17-20H2,1-3H3,(H,33,36)/t24-,25+,28?. The van der Waals surface area contributed by atoms with Crippen LogP contribution in [0.4, 0.5) is 25.4 Å². The van der Waals surface area contributed by atoms with Gasteiger partial charge in [-0.25, -0.2) is 14.0 Å². The van der Waals surface area contributed by atoms with Crippen molar-refractivity contribution < 1.29 is 23.5 Å². The number of ether oxygens (including phenoxy) is 2. The molecule has 3 aromatic rings. The van der Waals surface area contributed by atoms with Crippen molar-refractivity contribution in [1.82, 2.24) is 4.90 Å². The summed E-state index contributed by atoms with van der Waals surface area (Å²) in [4.78, 5) is 29.1. The number of carbonyl (C=O) groups is 2. The molecule has 7 nitrogen and oxygen atoms in total. The molecule has 0 aromatic heterocycles. The van der Waals surface area contributed by atoms with E-state index in [4.69, 9.17) is 9.47 Å². The summed E-state index contributed by atoms with van der Waals surface area (Å²) in [7, 11) is 0. The molecule has 1 unspecified atom stereocenters. The number of hydrogen-bond acceptors (Lipinski definition) is 5. The molecule has 0 bridgehead atoms. The average Bonchev–Trinajstić information content (AvgIpc) is 3.37. The number of nitrogens with one attached hydrogen (secondary N) is 1. The van der Waals surface area contributed by atoms with Gasteiger partial charge in [0.25, 0.3) is 0 Å². The Kier molecular flexibility index (Phi) is 7.46. The van der Waals surface area contributed by atoms with Crippen LogP contribution in [-0.2, 0) is 22.6 Å². The van der Waals surface area contributed by atoms with E-state index in [1.807, 2.05) is 91.2 Å². The van der Waals surface area contributed by atoms with Crippen molar-refractivity contribution >= 4 is 23.6 Å². The maximum atomic E-state index is 15.1. The lowest BCUT2D eigenvalue weighted by atomic mass is 10.2. The molecule has 1 saturated carbocycles. The first kappa shape index (κ1) is 26.5. The maximum Gasteiger partial charge on any atom is 0.411 e. The van der Waals surface area contributed by atoms with Crippen LogP contribution in [0, 0.1) is 17.7 Å². The fourth-order valence-electron chi connectivity index (χ4n) is 5.26. The maximum absolute atomic E-state index is 15.1. The summed E-state index contributed by atoms with van der Waals surface area (Å²) in [6.07, 6.45) is -0.963. The molecule has 204 valence electrons. The number of benzene rings is 3. The van der Waals surface area contributed by atoms with Gasteiger partial charge in [-0.15, -0.1) is 0 Å². The minimum Gasteiger partial charge on any atom is -0.444 e. The Balaban J connectivity index is 1.19. The van der Waals surface area contributed by atoms with Crippen molar-refractivity contribution in [1.29, 1.82) is 0 Å². The van der Waals surface area contributed by atoms with E-state index in [-0.39, 0.29) is 30.6 Å². The van der Waals surface area contributed by atoms with Gasteiger partial charge in [-0.05, 0) is 50.1 Å². The van der Waals surface area contributed by atoms with Gasteiger partial charge in [-0.2, -0.15) is 0 Å². The Morgan fingerprint density at radius 3 is 2.15 bits per heavy atom. The number of anilines is 2. The zero-order valence-electron chi connectivity index (χ0n) is 22.5. The topological polar surface area (TPSA) is 71.1 Å². The number of fused-ring (bicyclic) bond motifs is 1. The van der Waals surface area contributed by atoms with Crippen LogP contribution in [0.15, 0.2) is 78.9 Å². The van der Waals surface area contributed by atoms with E-state index in [0.717, 1.165) is 11.1 Å². The molecule has 5 rings (SSSR count). The molecule has 3 aromatic carbocycles. The second-order valence-corrected chi connectivity index (χ2v) is 11.2. The third-order valence-electron chi connectivity index (χ3n) is 7.08. The minimum atomic E-state index is -0.642. The van der Waals surface area contributed by atoms with Crippen LogP contribution in [0.2, 0.25) is 0 Å². The van der Waals surface area contributed by atoms with Gasteiger partial charge < -0.3 is 19.3 Å². The van der Waals surface area contributed by atoms with Crippen LogP contribution in [0.1, 0.15) is 31.9 Å². The summed E-state index contributed by atoms with van der Waals surface area (Å²) in [5.74, 6) is 0.0692. The predicted octanol–water partition coefficient (Wildman–Crippen LogP) is 6.45. The monoisotopic (exact) mass is 531 g/mol. The van der Waals surface area contributed by atoms with E-state index in [0.29, 0.717) is 31.0 Å². The van der Waals surface area contributed by atoms with Gasteiger partial charge in [0.05, 0.1) is 5.69 Å². The summed E-state index contributed by atoms with van der Waals surface area (Å²) in [5, 5.41) is 2.59. The molecule has 1 aliphatic heterocycles. The number of hydrogen-bond donors (Lipinski definition) is 1. The first-order chi connectivity index (χ1) is 18.7. The van der Waals surface area contributed by atoms with Gasteiger partial charge >= 0.3 is 12.2 Å². The van der Waals surface area contributed by atoms with Crippen LogP contribution in [0.3, 0.4) is 0 Å². The molecule has 2 amide bonds. The summed E-state index contributed by atoms with van der Waals surface area (Å²) in [6, 6.07) is 23.9. The molecule has 2 aliphatic rings. The third-order valence-corrected chi connectivity index (χ3v) is 7.08. The van der Waals surface area contributed by atoms with Gasteiger partial charge in [0.2, 0.25) is 0 Å². The van der Waals surface area contributed by atoms with Gasteiger partial charge in [-0.1, -0.05) is 60.7 Å². The first-order valence-corrected chi connectivity index (χ1v) is 13.2. The SMILES string of the molecule is CC(C)(C)OC(=O)N(Cc1ccccc1)C1[C@H]2CN(c3ccc(NC(=O)OCc4ccccc4)cc3F)C[C@@H]12. The highest BCUT2D eigenvalue weighted by molar-refractivity contribution is 5.85. The van der Waals surface area contributed by atoms with E-state index in [2.05, 4.69) is 5.32 Å². The molecule has 3 atom stereocenters. The minimum absolute atomic E-state index is 0.0553. The van der Waals surface area contributed by atoms with E-state index in [1.165, 1.54) is 6.07 Å². The molecule has 1 heterocycles. The summed E-state index contributed by atoms with van der Waals surface area (Å²) < 4.78 is 26.0. The Labute approximate surface area is 228 Å². The van der Waals surface area contributed by atoms with Crippen LogP contribution in [0.5, 0.6) is 0 Å². The zero-order valence-corrected chi connectivity index (χ0v) is 22.5. The van der Waals surface area contributed by atoms with Gasteiger partial charge in [0.15, 0.2) is 0 Å². The second kappa shape index (κ2) is 11.0. The lowest BCUT2D eigenvalue weighted by Gasteiger charge is -2.31. The summed E-state index contributed by atoms with van der Waals surface area (Å²) in [5.41, 5.74) is 2.14. The average molecular weight is 532 g/mol. The largest absolute Gasteiger partial charge is 0.444 e. The molecule has 1 aliphatic carbocycles. The number of carbonyl (C=O) groups excluding carboxylic acids is 2. The second-order valence-electron chi connectivity index (χ2n) is 11.2. The highest BCUT2D eigenvalue weighted by Gasteiger charge is 2.60. The Bertz CT molecular complexity index is 1300. The van der Waals surface area contributed by atoms with Crippen molar-refractivity contribution in [2.24, 2.45) is 11.8 Å². The van der Waals surface area contributed by atoms with E-state index >= 15 is 4.39 Å². The number of amides is 2. The van der Waals surface area contributed by atoms with Crippen LogP contribution < -0.4 is 10.2 Å². The quantitative estimate of drug-likeness (QED) is 0.380. The van der Waals surface area contributed by atoms with Crippen molar-refractivity contribution in [3.63, 3.8) is 0 Å². The van der Waals surface area contributed by atoms with E-state index < -0.39 is 17.5 Å². The molecule has 1 N–H and O–H groups in total. The summed E-state index contributed by atoms with van der Waals surface area (Å²) >= 11 is 0. The Hall–Kier alpha value is -4.07. The number of piperidine rings is 1. The lowest BCUT2D eigenvalue weighted by molar-refractivity contribution is 0.0195. The molecule has 8 heteroatoms. The van der Waals surface area contributed by atoms with Gasteiger partial charge in [0, 0.05) is 43.2 Å². The van der Waals surface area contributed by atoms with Crippen LogP contribution in [-0.4, -0.2) is 41.8 Å². The van der Waals surface area contributed by atoms with E-state index in [9.17, 15) is 9.59 Å². The molecule has 2 fully saturated rings. The molecular formula is C31H34FN3O4. The lowest BCUT2D eigenvalue weighted by Crippen LogP contribution is -2.41. The van der Waals surface area contributed by atoms with Gasteiger partial charge in [-0.3, -0.25) is 5.32 Å². The fourth-order valence-corrected chi connectivity index (χ4v) is 5.26. The zero-order chi connectivity index (χ0) is 27.6. The van der Waals surface area contributed by atoms with Crippen molar-refractivity contribution in [3.05, 3.63) is 95.8 Å². The smallest absolute Gasteiger partial charge is 0.411 e. The Morgan fingerprint density at radius 2 is 1.56 bits per heavy atom. The molecule has 0 spiro atoms. The third kappa shape index (κ3) is 6.50. The highest BCUT2D eigenvalue weighted by atomic mass is 19.1. The fraction of sp³-hybridized carbons (Fsp3) is 0.355. The van der Waals surface area contributed by atoms with Crippen LogP contribution in [0.25, 0.3) is 0 Å². The highest BCUT2D eigenvalue weighted by Crippen LogP contribution is 2.51. The van der Waals surface area contributed by atoms with Crippen molar-refractivity contribution in [2.45, 2.75) is 45.6 Å². The molecular weight excluding hydrogens is 497 g/mol. The normalized spacial score (nSPS) is 19.7. The predicted molar refractivity (Wildman–Crippen MR) is 148 cm³/mol. The van der Waals surface area contributed by atoms with E-state index in [1.54, 1.807) is 12.1 Å². The van der Waals surface area contributed by atoms with Crippen molar-refractivity contribution in [3.8, 4) is 0 Å². The van der Waals surface area contributed by atoms with Crippen molar-refractivity contribution in [2.75, 3.05) is 23.3 Å². The molecule has 1 saturated heterocycles. The number of halogens is 1. The molecule has 0 radical (unpaired) electrons. The number of rotatable bonds is 7. The summed E-state index contributed by atoms with van der Waals surface area (Å²) in [6.45, 7) is 7.50.